The van der Waals surface area contributed by atoms with Gasteiger partial charge in [-0.25, -0.2) is 8.42 Å². The van der Waals surface area contributed by atoms with Crippen LogP contribution in [0.2, 0.25) is 0 Å². The number of benzene rings is 1. The lowest BCUT2D eigenvalue weighted by atomic mass is 10.0. The first-order valence-corrected chi connectivity index (χ1v) is 11.8. The molecule has 0 saturated carbocycles. The monoisotopic (exact) mass is 423 g/mol. The normalized spacial score (nSPS) is 21.6. The Bertz CT molecular complexity index is 1160. The summed E-state index contributed by atoms with van der Waals surface area (Å²) in [5, 5.41) is 8.78. The molecular formula is C22H25N5O2S. The van der Waals surface area contributed by atoms with E-state index >= 15 is 0 Å². The van der Waals surface area contributed by atoms with Gasteiger partial charge < -0.3 is 4.57 Å². The molecule has 2 aromatic heterocycles. The summed E-state index contributed by atoms with van der Waals surface area (Å²) in [7, 11) is -3.58. The van der Waals surface area contributed by atoms with Crippen LogP contribution in [-0.2, 0) is 23.0 Å². The van der Waals surface area contributed by atoms with E-state index in [2.05, 4.69) is 33.6 Å². The van der Waals surface area contributed by atoms with Gasteiger partial charge in [0, 0.05) is 43.0 Å². The Hall–Kier alpha value is -2.58. The molecule has 5 rings (SSSR count). The summed E-state index contributed by atoms with van der Waals surface area (Å²) in [5.41, 5.74) is 2.04. The standard InChI is InChI=1S/C22H25N5O2S/c1-15(2)16-5-9-20(10-6-16)30(28,29)27-18-7-8-19(27)14-26-21(12-18)24-25-22(26)17-4-3-11-23-13-17/h3-6,9-11,13,15,18-19H,7-8,12,14H2,1-2H3. The Labute approximate surface area is 176 Å². The van der Waals surface area contributed by atoms with E-state index in [1.807, 2.05) is 24.3 Å². The molecule has 0 spiro atoms. The van der Waals surface area contributed by atoms with Gasteiger partial charge in [0.1, 0.15) is 5.82 Å². The van der Waals surface area contributed by atoms with Crippen LogP contribution in [0.15, 0.2) is 53.7 Å². The summed E-state index contributed by atoms with van der Waals surface area (Å²) in [6.45, 7) is 4.77. The highest BCUT2D eigenvalue weighted by Gasteiger charge is 2.45. The van der Waals surface area contributed by atoms with Crippen LogP contribution in [-0.4, -0.2) is 44.6 Å². The number of sulfonamides is 1. The Balaban J connectivity index is 1.49. The summed E-state index contributed by atoms with van der Waals surface area (Å²) in [6.07, 6.45) is 5.77. The van der Waals surface area contributed by atoms with Gasteiger partial charge in [-0.1, -0.05) is 26.0 Å². The predicted octanol–water partition coefficient (Wildman–Crippen LogP) is 3.24. The summed E-state index contributed by atoms with van der Waals surface area (Å²) >= 11 is 0. The van der Waals surface area contributed by atoms with E-state index in [1.54, 1.807) is 28.8 Å². The van der Waals surface area contributed by atoms with Gasteiger partial charge in [0.15, 0.2) is 5.82 Å². The van der Waals surface area contributed by atoms with Crippen molar-refractivity contribution in [2.75, 3.05) is 0 Å². The number of nitrogens with zero attached hydrogens (tertiary/aromatic N) is 5. The molecule has 0 aliphatic carbocycles. The lowest BCUT2D eigenvalue weighted by Crippen LogP contribution is -2.42. The van der Waals surface area contributed by atoms with Gasteiger partial charge in [0.2, 0.25) is 10.0 Å². The van der Waals surface area contributed by atoms with E-state index in [4.69, 9.17) is 0 Å². The molecule has 2 aliphatic heterocycles. The molecule has 30 heavy (non-hydrogen) atoms. The van der Waals surface area contributed by atoms with E-state index in [0.29, 0.717) is 23.8 Å². The van der Waals surface area contributed by atoms with Crippen LogP contribution in [0.4, 0.5) is 0 Å². The largest absolute Gasteiger partial charge is 0.309 e. The first-order valence-electron chi connectivity index (χ1n) is 10.4. The van der Waals surface area contributed by atoms with E-state index in [-0.39, 0.29) is 12.1 Å². The Morgan fingerprint density at radius 3 is 2.50 bits per heavy atom. The second-order valence-electron chi connectivity index (χ2n) is 8.44. The molecule has 2 atom stereocenters. The molecule has 7 nitrogen and oxygen atoms in total. The maximum atomic E-state index is 13.6. The average Bonchev–Trinajstić information content (AvgIpc) is 3.28. The number of rotatable bonds is 4. The van der Waals surface area contributed by atoms with E-state index < -0.39 is 10.0 Å². The van der Waals surface area contributed by atoms with Crippen LogP contribution in [0, 0.1) is 0 Å². The van der Waals surface area contributed by atoms with Crippen LogP contribution < -0.4 is 0 Å². The molecule has 8 heteroatoms. The Morgan fingerprint density at radius 1 is 1.03 bits per heavy atom. The maximum Gasteiger partial charge on any atom is 0.243 e. The summed E-state index contributed by atoms with van der Waals surface area (Å²) in [5.74, 6) is 1.96. The molecule has 3 aromatic rings. The van der Waals surface area contributed by atoms with Crippen molar-refractivity contribution in [1.29, 1.82) is 0 Å². The van der Waals surface area contributed by atoms with Crippen LogP contribution in [0.1, 0.15) is 44.0 Å². The fourth-order valence-corrected chi connectivity index (χ4v) is 6.51. The molecule has 0 N–H and O–H groups in total. The van der Waals surface area contributed by atoms with Crippen molar-refractivity contribution < 1.29 is 8.42 Å². The smallest absolute Gasteiger partial charge is 0.243 e. The number of pyridine rings is 1. The van der Waals surface area contributed by atoms with Crippen molar-refractivity contribution in [2.45, 2.75) is 62.6 Å². The predicted molar refractivity (Wildman–Crippen MR) is 113 cm³/mol. The third-order valence-electron chi connectivity index (χ3n) is 6.23. The second-order valence-corrected chi connectivity index (χ2v) is 10.3. The maximum absolute atomic E-state index is 13.6. The summed E-state index contributed by atoms with van der Waals surface area (Å²) in [4.78, 5) is 4.56. The van der Waals surface area contributed by atoms with Crippen LogP contribution >= 0.6 is 0 Å². The van der Waals surface area contributed by atoms with E-state index in [0.717, 1.165) is 35.6 Å². The van der Waals surface area contributed by atoms with E-state index in [9.17, 15) is 8.42 Å². The van der Waals surface area contributed by atoms with Crippen LogP contribution in [0.5, 0.6) is 0 Å². The molecule has 1 saturated heterocycles. The number of aromatic nitrogens is 4. The zero-order valence-electron chi connectivity index (χ0n) is 17.1. The van der Waals surface area contributed by atoms with Gasteiger partial charge in [0.25, 0.3) is 0 Å². The Morgan fingerprint density at radius 2 is 1.80 bits per heavy atom. The van der Waals surface area contributed by atoms with Crippen molar-refractivity contribution >= 4 is 10.0 Å². The molecule has 1 aromatic carbocycles. The first kappa shape index (κ1) is 19.4. The third-order valence-corrected chi connectivity index (χ3v) is 8.25. The zero-order chi connectivity index (χ0) is 20.9. The molecular weight excluding hydrogens is 398 g/mol. The minimum Gasteiger partial charge on any atom is -0.309 e. The number of fused-ring (bicyclic) bond motifs is 3. The Kier molecular flexibility index (Phi) is 4.71. The zero-order valence-corrected chi connectivity index (χ0v) is 18.0. The van der Waals surface area contributed by atoms with Crippen molar-refractivity contribution in [2.24, 2.45) is 0 Å². The fraction of sp³-hybridized carbons (Fsp3) is 0.409. The first-order chi connectivity index (χ1) is 14.4. The van der Waals surface area contributed by atoms with Gasteiger partial charge in [-0.15, -0.1) is 10.2 Å². The molecule has 0 radical (unpaired) electrons. The van der Waals surface area contributed by atoms with Crippen LogP contribution in [0.3, 0.4) is 0 Å². The molecule has 1 fully saturated rings. The lowest BCUT2D eigenvalue weighted by molar-refractivity contribution is 0.316. The summed E-state index contributed by atoms with van der Waals surface area (Å²) < 4.78 is 31.0. The average molecular weight is 424 g/mol. The van der Waals surface area contributed by atoms with E-state index in [1.165, 1.54) is 0 Å². The fourth-order valence-electron chi connectivity index (χ4n) is 4.65. The molecule has 0 amide bonds. The quantitative estimate of drug-likeness (QED) is 0.643. The topological polar surface area (TPSA) is 81.0 Å². The molecule has 2 aliphatic rings. The van der Waals surface area contributed by atoms with Crippen molar-refractivity contribution in [3.05, 3.63) is 60.2 Å². The minimum atomic E-state index is -3.58. The van der Waals surface area contributed by atoms with Crippen molar-refractivity contribution in [3.8, 4) is 11.4 Å². The van der Waals surface area contributed by atoms with Crippen molar-refractivity contribution in [1.82, 2.24) is 24.1 Å². The summed E-state index contributed by atoms with van der Waals surface area (Å²) in [6, 6.07) is 11.0. The second kappa shape index (κ2) is 7.28. The van der Waals surface area contributed by atoms with Gasteiger partial charge in [0.05, 0.1) is 4.90 Å². The minimum absolute atomic E-state index is 0.0861. The molecule has 2 unspecified atom stereocenters. The van der Waals surface area contributed by atoms with Gasteiger partial charge in [-0.05, 0) is 48.6 Å². The number of hydrogen-bond acceptors (Lipinski definition) is 5. The highest BCUT2D eigenvalue weighted by Crippen LogP contribution is 2.37. The van der Waals surface area contributed by atoms with Gasteiger partial charge in [-0.3, -0.25) is 4.98 Å². The van der Waals surface area contributed by atoms with Gasteiger partial charge in [-0.2, -0.15) is 4.31 Å². The molecule has 4 heterocycles. The molecule has 2 bridgehead atoms. The van der Waals surface area contributed by atoms with Gasteiger partial charge >= 0.3 is 0 Å². The highest BCUT2D eigenvalue weighted by molar-refractivity contribution is 7.89. The van der Waals surface area contributed by atoms with Crippen LogP contribution in [0.25, 0.3) is 11.4 Å². The number of hydrogen-bond donors (Lipinski definition) is 0. The molecule has 156 valence electrons. The van der Waals surface area contributed by atoms with Crippen molar-refractivity contribution in [3.63, 3.8) is 0 Å². The highest BCUT2D eigenvalue weighted by atomic mass is 32.2. The third kappa shape index (κ3) is 3.15. The SMILES string of the molecule is CC(C)c1ccc(S(=O)(=O)N2C3CCC2Cn2c(nnc2-c2cccnc2)C3)cc1. The lowest BCUT2D eigenvalue weighted by Gasteiger charge is -2.27.